The summed E-state index contributed by atoms with van der Waals surface area (Å²) in [6.07, 6.45) is 0. The maximum Gasteiger partial charge on any atom is 0.272 e. The number of amides is 1. The largest absolute Gasteiger partial charge is 0.338 e. The van der Waals surface area contributed by atoms with Gasteiger partial charge < -0.3 is 4.52 Å². The monoisotopic (exact) mass is 470 g/mol. The van der Waals surface area contributed by atoms with Gasteiger partial charge in [0.25, 0.3) is 15.9 Å². The first kappa shape index (κ1) is 21.7. The van der Waals surface area contributed by atoms with Crippen molar-refractivity contribution in [2.45, 2.75) is 17.8 Å². The normalized spacial score (nSPS) is 11.6. The molecule has 0 fully saturated rings. The fraction of sp³-hybridized carbons (Fsp3) is 0.150. The van der Waals surface area contributed by atoms with Crippen molar-refractivity contribution < 1.29 is 17.7 Å². The molecule has 0 saturated heterocycles. The predicted octanol–water partition coefficient (Wildman–Crippen LogP) is 2.97. The van der Waals surface area contributed by atoms with Crippen molar-refractivity contribution in [3.05, 3.63) is 71.6 Å². The molecule has 2 aromatic carbocycles. The third-order valence-corrected chi connectivity index (χ3v) is 7.42. The number of benzene rings is 2. The van der Waals surface area contributed by atoms with Crippen molar-refractivity contribution in [1.82, 2.24) is 24.6 Å². The van der Waals surface area contributed by atoms with Gasteiger partial charge in [-0.05, 0) is 19.1 Å². The Kier molecular flexibility index (Phi) is 6.08. The lowest BCUT2D eigenvalue weighted by Crippen LogP contribution is -2.26. The van der Waals surface area contributed by atoms with Gasteiger partial charge in [0.2, 0.25) is 21.2 Å². The number of rotatable bonds is 7. The minimum Gasteiger partial charge on any atom is -0.338 e. The lowest BCUT2D eigenvalue weighted by Gasteiger charge is -2.11. The predicted molar refractivity (Wildman–Crippen MR) is 117 cm³/mol. The van der Waals surface area contributed by atoms with Gasteiger partial charge in [0.1, 0.15) is 0 Å². The highest BCUT2D eigenvalue weighted by atomic mass is 32.2. The first-order valence-corrected chi connectivity index (χ1v) is 11.6. The highest BCUT2D eigenvalue weighted by Gasteiger charge is 2.28. The fourth-order valence-corrected chi connectivity index (χ4v) is 4.87. The maximum absolute atomic E-state index is 12.9. The molecule has 10 nitrogen and oxygen atoms in total. The van der Waals surface area contributed by atoms with Gasteiger partial charge in [0.05, 0.1) is 6.54 Å². The molecular formula is C20H18N6O4S2. The van der Waals surface area contributed by atoms with Crippen LogP contribution in [0.3, 0.4) is 0 Å². The minimum absolute atomic E-state index is 0.0743. The molecule has 2 heterocycles. The van der Waals surface area contributed by atoms with E-state index in [1.54, 1.807) is 30.3 Å². The van der Waals surface area contributed by atoms with Crippen LogP contribution < -0.4 is 5.32 Å². The molecule has 0 unspecified atom stereocenters. The number of hydrogen-bond acceptors (Lipinski definition) is 9. The average molecular weight is 471 g/mol. The number of hydrogen-bond donors (Lipinski definition) is 1. The van der Waals surface area contributed by atoms with Gasteiger partial charge >= 0.3 is 0 Å². The van der Waals surface area contributed by atoms with Crippen LogP contribution in [-0.4, -0.2) is 46.0 Å². The molecule has 0 radical (unpaired) electrons. The quantitative estimate of drug-likeness (QED) is 0.408. The molecule has 1 N–H and O–H groups in total. The second-order valence-corrected chi connectivity index (χ2v) is 10.0. The first-order chi connectivity index (χ1) is 15.3. The average Bonchev–Trinajstić information content (AvgIpc) is 3.45. The standard InChI is InChI=1S/C20H18N6O4S2/c1-13-8-10-14(11-9-13)17-21-16(30-25-17)12-26(2)32(28,29)20-24-23-19(31-20)22-18(27)15-6-4-3-5-7-15/h3-11H,12H2,1-2H3,(H,22,23,27). The topological polar surface area (TPSA) is 131 Å². The molecule has 0 aliphatic rings. The molecule has 12 heteroatoms. The summed E-state index contributed by atoms with van der Waals surface area (Å²) in [5.41, 5.74) is 2.28. The molecule has 4 aromatic rings. The van der Waals surface area contributed by atoms with Crippen LogP contribution in [0, 0.1) is 6.92 Å². The number of nitrogens with zero attached hydrogens (tertiary/aromatic N) is 5. The summed E-state index contributed by atoms with van der Waals surface area (Å²) >= 11 is 0.755. The van der Waals surface area contributed by atoms with Crippen LogP contribution in [0.2, 0.25) is 0 Å². The van der Waals surface area contributed by atoms with Gasteiger partial charge in [-0.25, -0.2) is 8.42 Å². The highest BCUT2D eigenvalue weighted by Crippen LogP contribution is 2.24. The van der Waals surface area contributed by atoms with Crippen LogP contribution in [0.15, 0.2) is 63.5 Å². The molecule has 0 saturated carbocycles. The molecule has 0 bridgehead atoms. The summed E-state index contributed by atoms with van der Waals surface area (Å²) in [6, 6.07) is 16.1. The maximum atomic E-state index is 12.9. The van der Waals surface area contributed by atoms with Crippen molar-refractivity contribution in [1.29, 1.82) is 0 Å². The summed E-state index contributed by atoms with van der Waals surface area (Å²) < 4.78 is 31.7. The van der Waals surface area contributed by atoms with E-state index in [9.17, 15) is 13.2 Å². The number of carbonyl (C=O) groups excluding carboxylic acids is 1. The van der Waals surface area contributed by atoms with E-state index in [1.807, 2.05) is 31.2 Å². The van der Waals surface area contributed by atoms with E-state index < -0.39 is 15.9 Å². The summed E-state index contributed by atoms with van der Waals surface area (Å²) in [7, 11) is -2.61. The van der Waals surface area contributed by atoms with Gasteiger partial charge in [-0.1, -0.05) is 64.5 Å². The molecule has 32 heavy (non-hydrogen) atoms. The number of anilines is 1. The number of aryl methyl sites for hydroxylation is 1. The van der Waals surface area contributed by atoms with E-state index >= 15 is 0 Å². The van der Waals surface area contributed by atoms with E-state index in [-0.39, 0.29) is 21.9 Å². The summed E-state index contributed by atoms with van der Waals surface area (Å²) in [4.78, 5) is 16.5. The van der Waals surface area contributed by atoms with Crippen LogP contribution >= 0.6 is 11.3 Å². The van der Waals surface area contributed by atoms with Crippen molar-refractivity contribution in [3.8, 4) is 11.4 Å². The SMILES string of the molecule is Cc1ccc(-c2noc(CN(C)S(=O)(=O)c3nnc(NC(=O)c4ccccc4)s3)n2)cc1. The Balaban J connectivity index is 1.44. The molecule has 4 rings (SSSR count). The third-order valence-electron chi connectivity index (χ3n) is 4.43. The number of sulfonamides is 1. The summed E-state index contributed by atoms with van der Waals surface area (Å²) in [6.45, 7) is 1.82. The Morgan fingerprint density at radius 3 is 2.53 bits per heavy atom. The van der Waals surface area contributed by atoms with Crippen LogP contribution in [-0.2, 0) is 16.6 Å². The Morgan fingerprint density at radius 2 is 1.81 bits per heavy atom. The number of aromatic nitrogens is 4. The molecule has 1 amide bonds. The number of nitrogens with one attached hydrogen (secondary N) is 1. The minimum atomic E-state index is -3.98. The van der Waals surface area contributed by atoms with E-state index in [4.69, 9.17) is 4.52 Å². The van der Waals surface area contributed by atoms with Crippen molar-refractivity contribution >= 4 is 32.4 Å². The van der Waals surface area contributed by atoms with E-state index in [1.165, 1.54) is 7.05 Å². The Morgan fingerprint density at radius 1 is 1.09 bits per heavy atom. The van der Waals surface area contributed by atoms with Gasteiger partial charge in [-0.3, -0.25) is 10.1 Å². The smallest absolute Gasteiger partial charge is 0.272 e. The van der Waals surface area contributed by atoms with Gasteiger partial charge in [-0.2, -0.15) is 9.29 Å². The van der Waals surface area contributed by atoms with Crippen molar-refractivity contribution in [2.24, 2.45) is 0 Å². The fourth-order valence-electron chi connectivity index (χ4n) is 2.67. The zero-order chi connectivity index (χ0) is 22.7. The first-order valence-electron chi connectivity index (χ1n) is 9.39. The van der Waals surface area contributed by atoms with Crippen LogP contribution in [0.4, 0.5) is 5.13 Å². The molecule has 164 valence electrons. The van der Waals surface area contributed by atoms with Crippen molar-refractivity contribution in [3.63, 3.8) is 0 Å². The van der Waals surface area contributed by atoms with Gasteiger partial charge in [-0.15, -0.1) is 10.2 Å². The Bertz CT molecular complexity index is 1330. The third kappa shape index (κ3) is 4.72. The molecular weight excluding hydrogens is 452 g/mol. The van der Waals surface area contributed by atoms with E-state index in [0.29, 0.717) is 11.4 Å². The highest BCUT2D eigenvalue weighted by molar-refractivity contribution is 7.91. The lowest BCUT2D eigenvalue weighted by molar-refractivity contribution is 0.102. The van der Waals surface area contributed by atoms with Crippen LogP contribution in [0.5, 0.6) is 0 Å². The zero-order valence-corrected chi connectivity index (χ0v) is 18.7. The molecule has 0 spiro atoms. The second-order valence-electron chi connectivity index (χ2n) is 6.83. The molecule has 2 aromatic heterocycles. The van der Waals surface area contributed by atoms with Crippen LogP contribution in [0.1, 0.15) is 21.8 Å². The van der Waals surface area contributed by atoms with E-state index in [0.717, 1.165) is 26.8 Å². The number of carbonyl (C=O) groups is 1. The summed E-state index contributed by atoms with van der Waals surface area (Å²) in [5, 5.41) is 14.0. The van der Waals surface area contributed by atoms with Crippen LogP contribution in [0.25, 0.3) is 11.4 Å². The zero-order valence-electron chi connectivity index (χ0n) is 17.1. The molecule has 0 aliphatic heterocycles. The van der Waals surface area contributed by atoms with Gasteiger partial charge in [0.15, 0.2) is 0 Å². The van der Waals surface area contributed by atoms with E-state index in [2.05, 4.69) is 25.7 Å². The lowest BCUT2D eigenvalue weighted by atomic mass is 10.1. The molecule has 0 aliphatic carbocycles. The Labute approximate surface area is 188 Å². The second kappa shape index (κ2) is 8.94. The molecule has 0 atom stereocenters. The van der Waals surface area contributed by atoms with Gasteiger partial charge in [0, 0.05) is 18.2 Å². The van der Waals surface area contributed by atoms with Crippen molar-refractivity contribution in [2.75, 3.05) is 12.4 Å². The summed E-state index contributed by atoms with van der Waals surface area (Å²) in [5.74, 6) is 0.0925. The Hall–Kier alpha value is -3.48.